The highest BCUT2D eigenvalue weighted by Gasteiger charge is 2.18. The quantitative estimate of drug-likeness (QED) is 0.819. The SMILES string of the molecule is Cc1cc(C)n(CCN(C)C(=O)Cc2cc3c(cc2Cl)OCCO3)n1. The number of amides is 1. The van der Waals surface area contributed by atoms with Gasteiger partial charge < -0.3 is 14.4 Å². The third-order valence-corrected chi connectivity index (χ3v) is 4.58. The summed E-state index contributed by atoms with van der Waals surface area (Å²) in [5.74, 6) is 1.27. The second-order valence-electron chi connectivity index (χ2n) is 6.23. The number of benzene rings is 1. The van der Waals surface area contributed by atoms with Gasteiger partial charge in [-0.2, -0.15) is 5.10 Å². The van der Waals surface area contributed by atoms with Crippen LogP contribution in [-0.4, -0.2) is 47.4 Å². The first kappa shape index (κ1) is 17.6. The molecule has 1 aliphatic rings. The van der Waals surface area contributed by atoms with Gasteiger partial charge in [-0.05, 0) is 31.5 Å². The largest absolute Gasteiger partial charge is 0.486 e. The van der Waals surface area contributed by atoms with Crippen molar-refractivity contribution in [1.29, 1.82) is 0 Å². The predicted molar refractivity (Wildman–Crippen MR) is 95.5 cm³/mol. The van der Waals surface area contributed by atoms with Gasteiger partial charge in [-0.1, -0.05) is 11.6 Å². The molecule has 1 aromatic heterocycles. The minimum absolute atomic E-state index is 0.000101. The van der Waals surface area contributed by atoms with E-state index >= 15 is 0 Å². The average Bonchev–Trinajstić information content (AvgIpc) is 2.90. The maximum atomic E-state index is 12.5. The molecule has 0 unspecified atom stereocenters. The number of likely N-dealkylation sites (N-methyl/N-ethyl adjacent to an activating group) is 1. The molecule has 0 saturated carbocycles. The van der Waals surface area contributed by atoms with Gasteiger partial charge in [0.2, 0.25) is 5.91 Å². The molecule has 0 fully saturated rings. The predicted octanol–water partition coefficient (Wildman–Crippen LogP) is 2.63. The topological polar surface area (TPSA) is 56.6 Å². The van der Waals surface area contributed by atoms with Crippen LogP contribution in [0.1, 0.15) is 17.0 Å². The first-order chi connectivity index (χ1) is 11.9. The molecule has 3 rings (SSSR count). The molecule has 0 bridgehead atoms. The lowest BCUT2D eigenvalue weighted by Crippen LogP contribution is -2.31. The van der Waals surface area contributed by atoms with Gasteiger partial charge in [0, 0.05) is 30.4 Å². The van der Waals surface area contributed by atoms with Crippen LogP contribution in [0, 0.1) is 13.8 Å². The van der Waals surface area contributed by atoms with Crippen LogP contribution < -0.4 is 9.47 Å². The van der Waals surface area contributed by atoms with Crippen LogP contribution in [0.2, 0.25) is 5.02 Å². The van der Waals surface area contributed by atoms with Crippen molar-refractivity contribution in [3.05, 3.63) is 40.2 Å². The Kier molecular flexibility index (Phi) is 5.18. The van der Waals surface area contributed by atoms with Crippen LogP contribution in [0.5, 0.6) is 11.5 Å². The second kappa shape index (κ2) is 7.35. The summed E-state index contributed by atoms with van der Waals surface area (Å²) in [5, 5.41) is 4.93. The minimum Gasteiger partial charge on any atom is -0.486 e. The van der Waals surface area contributed by atoms with Crippen molar-refractivity contribution in [3.8, 4) is 11.5 Å². The van der Waals surface area contributed by atoms with Gasteiger partial charge in [-0.25, -0.2) is 0 Å². The molecule has 2 heterocycles. The van der Waals surface area contributed by atoms with E-state index in [4.69, 9.17) is 21.1 Å². The molecule has 0 radical (unpaired) electrons. The molecule has 0 aliphatic carbocycles. The summed E-state index contributed by atoms with van der Waals surface area (Å²) >= 11 is 6.29. The standard InChI is InChI=1S/C18H22ClN3O3/c1-12-8-13(2)22(20-12)5-4-21(3)18(23)10-14-9-16-17(11-15(14)19)25-7-6-24-16/h8-9,11H,4-7,10H2,1-3H3. The summed E-state index contributed by atoms with van der Waals surface area (Å²) in [4.78, 5) is 14.2. The van der Waals surface area contributed by atoms with E-state index in [1.54, 1.807) is 24.1 Å². The van der Waals surface area contributed by atoms with Gasteiger partial charge in [0.15, 0.2) is 11.5 Å². The Morgan fingerprint density at radius 2 is 1.92 bits per heavy atom. The molecule has 1 aromatic carbocycles. The van der Waals surface area contributed by atoms with Crippen LogP contribution in [0.3, 0.4) is 0 Å². The zero-order chi connectivity index (χ0) is 18.0. The number of halogens is 1. The average molecular weight is 364 g/mol. The van der Waals surface area contributed by atoms with Crippen molar-refractivity contribution in [2.75, 3.05) is 26.8 Å². The third kappa shape index (κ3) is 4.07. The highest BCUT2D eigenvalue weighted by Crippen LogP contribution is 2.35. The Hall–Kier alpha value is -2.21. The van der Waals surface area contributed by atoms with E-state index in [0.717, 1.165) is 17.0 Å². The number of rotatable bonds is 5. The molecular formula is C18H22ClN3O3. The van der Waals surface area contributed by atoms with Crippen molar-refractivity contribution in [1.82, 2.24) is 14.7 Å². The molecular weight excluding hydrogens is 342 g/mol. The number of carbonyl (C=O) groups is 1. The number of carbonyl (C=O) groups excluding carboxylic acids is 1. The van der Waals surface area contributed by atoms with Crippen molar-refractivity contribution >= 4 is 17.5 Å². The first-order valence-corrected chi connectivity index (χ1v) is 8.65. The van der Waals surface area contributed by atoms with E-state index in [9.17, 15) is 4.79 Å². The fourth-order valence-electron chi connectivity index (χ4n) is 2.81. The summed E-state index contributed by atoms with van der Waals surface area (Å²) in [6, 6.07) is 5.54. The van der Waals surface area contributed by atoms with Crippen LogP contribution in [-0.2, 0) is 17.8 Å². The molecule has 7 heteroatoms. The van der Waals surface area contributed by atoms with Crippen molar-refractivity contribution < 1.29 is 14.3 Å². The molecule has 1 amide bonds. The smallest absolute Gasteiger partial charge is 0.226 e. The lowest BCUT2D eigenvalue weighted by Gasteiger charge is -2.21. The fraction of sp³-hybridized carbons (Fsp3) is 0.444. The maximum absolute atomic E-state index is 12.5. The number of aromatic nitrogens is 2. The van der Waals surface area contributed by atoms with Gasteiger partial charge in [-0.15, -0.1) is 0 Å². The molecule has 6 nitrogen and oxygen atoms in total. The minimum atomic E-state index is 0.000101. The summed E-state index contributed by atoms with van der Waals surface area (Å²) < 4.78 is 13.0. The molecule has 2 aromatic rings. The first-order valence-electron chi connectivity index (χ1n) is 8.27. The maximum Gasteiger partial charge on any atom is 0.226 e. The van der Waals surface area contributed by atoms with Crippen LogP contribution in [0.15, 0.2) is 18.2 Å². The lowest BCUT2D eigenvalue weighted by atomic mass is 10.1. The Bertz CT molecular complexity index is 788. The van der Waals surface area contributed by atoms with E-state index in [-0.39, 0.29) is 12.3 Å². The van der Waals surface area contributed by atoms with E-state index in [2.05, 4.69) is 5.10 Å². The number of hydrogen-bond donors (Lipinski definition) is 0. The molecule has 0 N–H and O–H groups in total. The Labute approximate surface area is 152 Å². The highest BCUT2D eigenvalue weighted by molar-refractivity contribution is 6.31. The number of hydrogen-bond acceptors (Lipinski definition) is 4. The second-order valence-corrected chi connectivity index (χ2v) is 6.64. The Morgan fingerprint density at radius 3 is 2.56 bits per heavy atom. The summed E-state index contributed by atoms with van der Waals surface area (Å²) in [5.41, 5.74) is 2.82. The summed E-state index contributed by atoms with van der Waals surface area (Å²) in [6.45, 7) is 6.24. The van der Waals surface area contributed by atoms with Gasteiger partial charge in [0.05, 0.1) is 18.7 Å². The molecule has 25 heavy (non-hydrogen) atoms. The molecule has 0 saturated heterocycles. The monoisotopic (exact) mass is 363 g/mol. The number of aryl methyl sites for hydroxylation is 2. The van der Waals surface area contributed by atoms with E-state index in [1.807, 2.05) is 24.6 Å². The normalized spacial score (nSPS) is 13.0. The molecule has 1 aliphatic heterocycles. The van der Waals surface area contributed by atoms with E-state index in [1.165, 1.54) is 0 Å². The van der Waals surface area contributed by atoms with E-state index < -0.39 is 0 Å². The van der Waals surface area contributed by atoms with Gasteiger partial charge in [0.1, 0.15) is 13.2 Å². The summed E-state index contributed by atoms with van der Waals surface area (Å²) in [7, 11) is 1.79. The Morgan fingerprint density at radius 1 is 1.24 bits per heavy atom. The van der Waals surface area contributed by atoms with Gasteiger partial charge in [-0.3, -0.25) is 9.48 Å². The van der Waals surface area contributed by atoms with Crippen LogP contribution >= 0.6 is 11.6 Å². The molecule has 0 spiro atoms. The van der Waals surface area contributed by atoms with Crippen LogP contribution in [0.25, 0.3) is 0 Å². The number of ether oxygens (including phenoxy) is 2. The molecule has 134 valence electrons. The zero-order valence-electron chi connectivity index (χ0n) is 14.7. The zero-order valence-corrected chi connectivity index (χ0v) is 15.5. The lowest BCUT2D eigenvalue weighted by molar-refractivity contribution is -0.129. The van der Waals surface area contributed by atoms with Crippen molar-refractivity contribution in [2.45, 2.75) is 26.8 Å². The third-order valence-electron chi connectivity index (χ3n) is 4.23. The number of nitrogens with zero attached hydrogens (tertiary/aromatic N) is 3. The highest BCUT2D eigenvalue weighted by atomic mass is 35.5. The van der Waals surface area contributed by atoms with Gasteiger partial charge in [0.25, 0.3) is 0 Å². The van der Waals surface area contributed by atoms with Crippen LogP contribution in [0.4, 0.5) is 0 Å². The fourth-order valence-corrected chi connectivity index (χ4v) is 3.03. The van der Waals surface area contributed by atoms with Crippen molar-refractivity contribution in [3.63, 3.8) is 0 Å². The number of fused-ring (bicyclic) bond motifs is 1. The molecule has 0 atom stereocenters. The summed E-state index contributed by atoms with van der Waals surface area (Å²) in [6.07, 6.45) is 0.225. The van der Waals surface area contributed by atoms with E-state index in [0.29, 0.717) is 42.8 Å². The van der Waals surface area contributed by atoms with Crippen molar-refractivity contribution in [2.24, 2.45) is 0 Å². The Balaban J connectivity index is 1.62. The van der Waals surface area contributed by atoms with Gasteiger partial charge >= 0.3 is 0 Å².